The van der Waals surface area contributed by atoms with Crippen molar-refractivity contribution in [3.8, 4) is 0 Å². The molecule has 0 aromatic heterocycles. The summed E-state index contributed by atoms with van der Waals surface area (Å²) in [5.74, 6) is 0.818. The predicted molar refractivity (Wildman–Crippen MR) is 72.7 cm³/mol. The molecule has 1 aliphatic rings. The van der Waals surface area contributed by atoms with Crippen molar-refractivity contribution in [1.29, 1.82) is 0 Å². The smallest absolute Gasteiger partial charge is 0.0184 e. The maximum absolute atomic E-state index is 3.78. The van der Waals surface area contributed by atoms with E-state index in [-0.39, 0.29) is 0 Å². The fraction of sp³-hybridized carbons (Fsp3) is 0.867. The van der Waals surface area contributed by atoms with Gasteiger partial charge in [0.15, 0.2) is 0 Å². The third kappa shape index (κ3) is 4.69. The molecule has 1 nitrogen and oxygen atoms in total. The van der Waals surface area contributed by atoms with Crippen LogP contribution in [0.4, 0.5) is 0 Å². The van der Waals surface area contributed by atoms with Crippen LogP contribution in [0.5, 0.6) is 0 Å². The number of nitrogens with one attached hydrogen (secondary N) is 1. The Kier molecular flexibility index (Phi) is 6.12. The first kappa shape index (κ1) is 13.8. The molecule has 0 aliphatic carbocycles. The van der Waals surface area contributed by atoms with Crippen molar-refractivity contribution < 1.29 is 0 Å². The molecule has 1 heteroatoms. The van der Waals surface area contributed by atoms with Gasteiger partial charge in [-0.2, -0.15) is 0 Å². The Bertz CT molecular complexity index is 190. The standard InChI is InChI=1S/C15H29N/c1-4-5-6-7-8-10-15(13-14(2)3)11-9-12-16-15/h4,14,16H,1,5-13H2,2-3H3. The van der Waals surface area contributed by atoms with E-state index in [4.69, 9.17) is 0 Å². The van der Waals surface area contributed by atoms with Gasteiger partial charge in [-0.1, -0.05) is 32.8 Å². The number of rotatable bonds is 8. The van der Waals surface area contributed by atoms with Crippen molar-refractivity contribution in [3.05, 3.63) is 12.7 Å². The molecule has 0 amide bonds. The summed E-state index contributed by atoms with van der Waals surface area (Å²) in [5, 5.41) is 3.77. The van der Waals surface area contributed by atoms with Crippen LogP contribution in [-0.2, 0) is 0 Å². The van der Waals surface area contributed by atoms with Gasteiger partial charge in [-0.3, -0.25) is 0 Å². The van der Waals surface area contributed by atoms with Crippen molar-refractivity contribution >= 4 is 0 Å². The van der Waals surface area contributed by atoms with E-state index in [0.717, 1.165) is 5.92 Å². The first-order valence-electron chi connectivity index (χ1n) is 7.04. The lowest BCUT2D eigenvalue weighted by molar-refractivity contribution is 0.275. The minimum atomic E-state index is 0.488. The maximum Gasteiger partial charge on any atom is 0.0184 e. The largest absolute Gasteiger partial charge is 0.311 e. The summed E-state index contributed by atoms with van der Waals surface area (Å²) in [6.07, 6.45) is 12.8. The average Bonchev–Trinajstić information content (AvgIpc) is 2.65. The molecule has 0 spiro atoms. The summed E-state index contributed by atoms with van der Waals surface area (Å²) in [7, 11) is 0. The van der Waals surface area contributed by atoms with Gasteiger partial charge in [0, 0.05) is 5.54 Å². The number of hydrogen-bond acceptors (Lipinski definition) is 1. The van der Waals surface area contributed by atoms with Gasteiger partial charge >= 0.3 is 0 Å². The summed E-state index contributed by atoms with van der Waals surface area (Å²) in [6, 6.07) is 0. The van der Waals surface area contributed by atoms with E-state index in [9.17, 15) is 0 Å². The van der Waals surface area contributed by atoms with Gasteiger partial charge in [-0.05, 0) is 51.0 Å². The molecule has 1 saturated heterocycles. The SMILES string of the molecule is C=CCCCCCC1(CC(C)C)CCCN1. The highest BCUT2D eigenvalue weighted by molar-refractivity contribution is 4.93. The second-order valence-corrected chi connectivity index (χ2v) is 5.80. The molecule has 0 radical (unpaired) electrons. The fourth-order valence-corrected chi connectivity index (χ4v) is 3.07. The highest BCUT2D eigenvalue weighted by Gasteiger charge is 2.32. The highest BCUT2D eigenvalue weighted by Crippen LogP contribution is 2.31. The number of hydrogen-bond donors (Lipinski definition) is 1. The minimum Gasteiger partial charge on any atom is -0.311 e. The van der Waals surface area contributed by atoms with Crippen molar-refractivity contribution in [3.63, 3.8) is 0 Å². The fourth-order valence-electron chi connectivity index (χ4n) is 3.07. The van der Waals surface area contributed by atoms with Gasteiger partial charge < -0.3 is 5.32 Å². The van der Waals surface area contributed by atoms with E-state index in [1.54, 1.807) is 0 Å². The molecule has 1 atom stereocenters. The van der Waals surface area contributed by atoms with Crippen LogP contribution in [0.1, 0.15) is 65.2 Å². The summed E-state index contributed by atoms with van der Waals surface area (Å²) in [4.78, 5) is 0. The molecule has 1 unspecified atom stereocenters. The molecule has 1 rings (SSSR count). The van der Waals surface area contributed by atoms with Crippen molar-refractivity contribution in [2.45, 2.75) is 70.8 Å². The Morgan fingerprint density at radius 3 is 2.69 bits per heavy atom. The summed E-state index contributed by atoms with van der Waals surface area (Å²) in [6.45, 7) is 9.71. The molecule has 1 aliphatic heterocycles. The summed E-state index contributed by atoms with van der Waals surface area (Å²) in [5.41, 5.74) is 0.488. The molecule has 0 saturated carbocycles. The van der Waals surface area contributed by atoms with E-state index < -0.39 is 0 Å². The first-order valence-corrected chi connectivity index (χ1v) is 7.04. The second-order valence-electron chi connectivity index (χ2n) is 5.80. The molecule has 1 heterocycles. The van der Waals surface area contributed by atoms with Crippen molar-refractivity contribution in [2.75, 3.05) is 6.54 Å². The molecule has 1 fully saturated rings. The Hall–Kier alpha value is -0.300. The lowest BCUT2D eigenvalue weighted by Gasteiger charge is -2.31. The van der Waals surface area contributed by atoms with Crippen molar-refractivity contribution in [1.82, 2.24) is 5.32 Å². The topological polar surface area (TPSA) is 12.0 Å². The minimum absolute atomic E-state index is 0.488. The average molecular weight is 223 g/mol. The molecule has 0 aromatic carbocycles. The van der Waals surface area contributed by atoms with E-state index >= 15 is 0 Å². The summed E-state index contributed by atoms with van der Waals surface area (Å²) >= 11 is 0. The van der Waals surface area contributed by atoms with Crippen LogP contribution in [0.25, 0.3) is 0 Å². The number of allylic oxidation sites excluding steroid dienone is 1. The van der Waals surface area contributed by atoms with Crippen LogP contribution in [0, 0.1) is 5.92 Å². The lowest BCUT2D eigenvalue weighted by Crippen LogP contribution is -2.40. The zero-order valence-electron chi connectivity index (χ0n) is 11.2. The van der Waals surface area contributed by atoms with Crippen LogP contribution in [0.2, 0.25) is 0 Å². The molecule has 0 aromatic rings. The van der Waals surface area contributed by atoms with Crippen LogP contribution in [0.3, 0.4) is 0 Å². The van der Waals surface area contributed by atoms with E-state index in [2.05, 4.69) is 25.7 Å². The van der Waals surface area contributed by atoms with Crippen LogP contribution >= 0.6 is 0 Å². The second kappa shape index (κ2) is 7.11. The van der Waals surface area contributed by atoms with Gasteiger partial charge in [0.05, 0.1) is 0 Å². The Morgan fingerprint density at radius 1 is 1.31 bits per heavy atom. The van der Waals surface area contributed by atoms with Crippen LogP contribution < -0.4 is 5.32 Å². The molecule has 16 heavy (non-hydrogen) atoms. The quantitative estimate of drug-likeness (QED) is 0.478. The summed E-state index contributed by atoms with van der Waals surface area (Å²) < 4.78 is 0. The van der Waals surface area contributed by atoms with E-state index in [1.807, 2.05) is 6.08 Å². The third-order valence-corrected chi connectivity index (χ3v) is 3.69. The number of unbranched alkanes of at least 4 members (excludes halogenated alkanes) is 3. The maximum atomic E-state index is 3.78. The molecule has 1 N–H and O–H groups in total. The molecule has 0 bridgehead atoms. The Balaban J connectivity index is 2.25. The van der Waals surface area contributed by atoms with Crippen LogP contribution in [0.15, 0.2) is 12.7 Å². The van der Waals surface area contributed by atoms with Gasteiger partial charge in [-0.15, -0.1) is 6.58 Å². The predicted octanol–water partition coefficient (Wildman–Crippen LogP) is 4.29. The van der Waals surface area contributed by atoms with Crippen molar-refractivity contribution in [2.24, 2.45) is 5.92 Å². The lowest BCUT2D eigenvalue weighted by atomic mass is 9.83. The zero-order chi connectivity index (χ0) is 11.9. The van der Waals surface area contributed by atoms with Gasteiger partial charge in [-0.25, -0.2) is 0 Å². The zero-order valence-corrected chi connectivity index (χ0v) is 11.2. The van der Waals surface area contributed by atoms with Gasteiger partial charge in [0.2, 0.25) is 0 Å². The van der Waals surface area contributed by atoms with E-state index in [1.165, 1.54) is 57.9 Å². The normalized spacial score (nSPS) is 25.2. The van der Waals surface area contributed by atoms with Gasteiger partial charge in [0.25, 0.3) is 0 Å². The molecular formula is C15H29N. The monoisotopic (exact) mass is 223 g/mol. The van der Waals surface area contributed by atoms with E-state index in [0.29, 0.717) is 5.54 Å². The Morgan fingerprint density at radius 2 is 2.12 bits per heavy atom. The van der Waals surface area contributed by atoms with Crippen LogP contribution in [-0.4, -0.2) is 12.1 Å². The Labute approximate surface area is 102 Å². The molecular weight excluding hydrogens is 194 g/mol. The third-order valence-electron chi connectivity index (χ3n) is 3.69. The molecule has 94 valence electrons. The highest BCUT2D eigenvalue weighted by atomic mass is 15.0. The van der Waals surface area contributed by atoms with Gasteiger partial charge in [0.1, 0.15) is 0 Å². The first-order chi connectivity index (χ1) is 7.68.